The first-order chi connectivity index (χ1) is 7.04. The van der Waals surface area contributed by atoms with Crippen LogP contribution in [0.2, 0.25) is 0 Å². The van der Waals surface area contributed by atoms with Crippen molar-refractivity contribution in [1.29, 1.82) is 0 Å². The molecule has 1 aliphatic heterocycles. The molecule has 0 spiro atoms. The monoisotopic (exact) mass is 210 g/mol. The molecular weight excluding hydrogens is 184 g/mol. The van der Waals surface area contributed by atoms with E-state index in [1.807, 2.05) is 0 Å². The normalized spacial score (nSPS) is 41.2. The van der Waals surface area contributed by atoms with Crippen LogP contribution in [0, 0.1) is 11.3 Å². The van der Waals surface area contributed by atoms with Crippen LogP contribution in [-0.2, 0) is 0 Å². The molecule has 3 atom stereocenters. The standard InChI is InChI=1S/C13H26N2/c1-10-7-11(8-14)9-15(10)12-5-4-6-13(12,2)3/h10-12H,4-9,14H2,1-3H3. The smallest absolute Gasteiger partial charge is 0.0149 e. The number of hydrogen-bond donors (Lipinski definition) is 1. The molecule has 1 aliphatic carbocycles. The van der Waals surface area contributed by atoms with Gasteiger partial charge in [0.25, 0.3) is 0 Å². The third kappa shape index (κ3) is 2.07. The Morgan fingerprint density at radius 3 is 2.60 bits per heavy atom. The van der Waals surface area contributed by atoms with Crippen LogP contribution in [-0.4, -0.2) is 30.1 Å². The van der Waals surface area contributed by atoms with E-state index in [0.29, 0.717) is 5.41 Å². The molecule has 15 heavy (non-hydrogen) atoms. The Kier molecular flexibility index (Phi) is 3.09. The molecular formula is C13H26N2. The second-order valence-corrected chi connectivity index (χ2v) is 6.28. The Morgan fingerprint density at radius 2 is 2.13 bits per heavy atom. The predicted octanol–water partition coefficient (Wildman–Crippen LogP) is 2.23. The Balaban J connectivity index is 2.05. The fourth-order valence-corrected chi connectivity index (χ4v) is 3.70. The molecule has 1 saturated heterocycles. The second-order valence-electron chi connectivity index (χ2n) is 6.28. The van der Waals surface area contributed by atoms with Crippen molar-refractivity contribution in [1.82, 2.24) is 4.90 Å². The molecule has 0 bridgehead atoms. The van der Waals surface area contributed by atoms with E-state index in [1.165, 1.54) is 32.2 Å². The lowest BCUT2D eigenvalue weighted by atomic mass is 9.86. The molecule has 2 fully saturated rings. The average molecular weight is 210 g/mol. The molecule has 2 nitrogen and oxygen atoms in total. The van der Waals surface area contributed by atoms with Crippen molar-refractivity contribution in [2.75, 3.05) is 13.1 Å². The Labute approximate surface area is 94.2 Å². The van der Waals surface area contributed by atoms with E-state index in [4.69, 9.17) is 5.73 Å². The molecule has 2 N–H and O–H groups in total. The highest BCUT2D eigenvalue weighted by Gasteiger charge is 2.42. The summed E-state index contributed by atoms with van der Waals surface area (Å²) in [5, 5.41) is 0. The van der Waals surface area contributed by atoms with Gasteiger partial charge in [0.05, 0.1) is 0 Å². The van der Waals surface area contributed by atoms with Gasteiger partial charge in [-0.3, -0.25) is 4.90 Å². The fraction of sp³-hybridized carbons (Fsp3) is 1.00. The van der Waals surface area contributed by atoms with Crippen LogP contribution in [0.3, 0.4) is 0 Å². The number of rotatable bonds is 2. The molecule has 3 unspecified atom stereocenters. The number of nitrogens with zero attached hydrogens (tertiary/aromatic N) is 1. The van der Waals surface area contributed by atoms with Crippen LogP contribution in [0.5, 0.6) is 0 Å². The van der Waals surface area contributed by atoms with E-state index in [-0.39, 0.29) is 0 Å². The maximum atomic E-state index is 5.80. The van der Waals surface area contributed by atoms with Crippen molar-refractivity contribution in [2.24, 2.45) is 17.1 Å². The highest BCUT2D eigenvalue weighted by molar-refractivity contribution is 4.97. The molecule has 2 rings (SSSR count). The van der Waals surface area contributed by atoms with Crippen molar-refractivity contribution in [3.05, 3.63) is 0 Å². The van der Waals surface area contributed by atoms with E-state index in [9.17, 15) is 0 Å². The molecule has 2 aliphatic rings. The molecule has 88 valence electrons. The van der Waals surface area contributed by atoms with Crippen LogP contribution >= 0.6 is 0 Å². The zero-order valence-corrected chi connectivity index (χ0v) is 10.5. The minimum atomic E-state index is 0.526. The van der Waals surface area contributed by atoms with Gasteiger partial charge in [-0.05, 0) is 44.1 Å². The molecule has 0 aromatic carbocycles. The summed E-state index contributed by atoms with van der Waals surface area (Å²) in [6.07, 6.45) is 5.51. The van der Waals surface area contributed by atoms with Crippen molar-refractivity contribution < 1.29 is 0 Å². The molecule has 0 aromatic rings. The van der Waals surface area contributed by atoms with Gasteiger partial charge in [-0.25, -0.2) is 0 Å². The fourth-order valence-electron chi connectivity index (χ4n) is 3.70. The highest BCUT2D eigenvalue weighted by atomic mass is 15.2. The van der Waals surface area contributed by atoms with Gasteiger partial charge in [0.15, 0.2) is 0 Å². The predicted molar refractivity (Wildman–Crippen MR) is 64.7 cm³/mol. The van der Waals surface area contributed by atoms with Gasteiger partial charge in [0, 0.05) is 18.6 Å². The quantitative estimate of drug-likeness (QED) is 0.757. The summed E-state index contributed by atoms with van der Waals surface area (Å²) in [5.41, 5.74) is 6.32. The van der Waals surface area contributed by atoms with Crippen molar-refractivity contribution in [3.8, 4) is 0 Å². The first-order valence-corrected chi connectivity index (χ1v) is 6.50. The molecule has 1 saturated carbocycles. The lowest BCUT2D eigenvalue weighted by Crippen LogP contribution is -2.44. The molecule has 0 amide bonds. The van der Waals surface area contributed by atoms with Gasteiger partial charge in [-0.1, -0.05) is 20.3 Å². The van der Waals surface area contributed by atoms with Crippen molar-refractivity contribution >= 4 is 0 Å². The van der Waals surface area contributed by atoms with Gasteiger partial charge >= 0.3 is 0 Å². The third-order valence-electron chi connectivity index (χ3n) is 4.64. The van der Waals surface area contributed by atoms with Gasteiger partial charge in [0.2, 0.25) is 0 Å². The third-order valence-corrected chi connectivity index (χ3v) is 4.64. The van der Waals surface area contributed by atoms with Crippen LogP contribution < -0.4 is 5.73 Å². The summed E-state index contributed by atoms with van der Waals surface area (Å²) in [6.45, 7) is 9.37. The molecule has 2 heteroatoms. The van der Waals surface area contributed by atoms with Crippen LogP contribution in [0.25, 0.3) is 0 Å². The van der Waals surface area contributed by atoms with Crippen LogP contribution in [0.15, 0.2) is 0 Å². The van der Waals surface area contributed by atoms with E-state index >= 15 is 0 Å². The summed E-state index contributed by atoms with van der Waals surface area (Å²) in [6, 6.07) is 1.56. The molecule has 1 heterocycles. The summed E-state index contributed by atoms with van der Waals surface area (Å²) < 4.78 is 0. The van der Waals surface area contributed by atoms with Crippen molar-refractivity contribution in [3.63, 3.8) is 0 Å². The summed E-state index contributed by atoms with van der Waals surface area (Å²) in [4.78, 5) is 2.74. The van der Waals surface area contributed by atoms with Crippen LogP contribution in [0.1, 0.15) is 46.5 Å². The summed E-state index contributed by atoms with van der Waals surface area (Å²) in [5.74, 6) is 0.747. The number of nitrogens with two attached hydrogens (primary N) is 1. The summed E-state index contributed by atoms with van der Waals surface area (Å²) >= 11 is 0. The lowest BCUT2D eigenvalue weighted by Gasteiger charge is -2.37. The second kappa shape index (κ2) is 4.06. The van der Waals surface area contributed by atoms with E-state index in [1.54, 1.807) is 0 Å². The SMILES string of the molecule is CC1CC(CN)CN1C1CCCC1(C)C. The minimum Gasteiger partial charge on any atom is -0.330 e. The average Bonchev–Trinajstić information content (AvgIpc) is 2.68. The number of likely N-dealkylation sites (tertiary alicyclic amines) is 1. The Morgan fingerprint density at radius 1 is 1.40 bits per heavy atom. The first kappa shape index (κ1) is 11.4. The topological polar surface area (TPSA) is 29.3 Å². The van der Waals surface area contributed by atoms with Gasteiger partial charge < -0.3 is 5.73 Å². The van der Waals surface area contributed by atoms with Gasteiger partial charge in [-0.2, -0.15) is 0 Å². The molecule has 0 radical (unpaired) electrons. The van der Waals surface area contributed by atoms with Gasteiger partial charge in [0.1, 0.15) is 0 Å². The van der Waals surface area contributed by atoms with E-state index in [0.717, 1.165) is 24.5 Å². The highest BCUT2D eigenvalue weighted by Crippen LogP contribution is 2.43. The zero-order valence-electron chi connectivity index (χ0n) is 10.5. The summed E-state index contributed by atoms with van der Waals surface area (Å²) in [7, 11) is 0. The Hall–Kier alpha value is -0.0800. The van der Waals surface area contributed by atoms with E-state index in [2.05, 4.69) is 25.7 Å². The maximum absolute atomic E-state index is 5.80. The van der Waals surface area contributed by atoms with E-state index < -0.39 is 0 Å². The van der Waals surface area contributed by atoms with Crippen LogP contribution in [0.4, 0.5) is 0 Å². The van der Waals surface area contributed by atoms with Gasteiger partial charge in [-0.15, -0.1) is 0 Å². The first-order valence-electron chi connectivity index (χ1n) is 6.50. The maximum Gasteiger partial charge on any atom is 0.0149 e. The Bertz CT molecular complexity index is 225. The van der Waals surface area contributed by atoms with Crippen molar-refractivity contribution in [2.45, 2.75) is 58.5 Å². The largest absolute Gasteiger partial charge is 0.330 e. The number of hydrogen-bond acceptors (Lipinski definition) is 2. The lowest BCUT2D eigenvalue weighted by molar-refractivity contribution is 0.105. The molecule has 0 aromatic heterocycles. The minimum absolute atomic E-state index is 0.526. The zero-order chi connectivity index (χ0) is 11.1.